The van der Waals surface area contributed by atoms with Crippen LogP contribution in [0.3, 0.4) is 0 Å². The van der Waals surface area contributed by atoms with Gasteiger partial charge in [0.15, 0.2) is 5.15 Å². The number of hydrogen-bond donors (Lipinski definition) is 2. The molecule has 31 heavy (non-hydrogen) atoms. The Morgan fingerprint density at radius 3 is 2.00 bits per heavy atom. The summed E-state index contributed by atoms with van der Waals surface area (Å²) in [6, 6.07) is 20.7. The number of piperazine rings is 1. The highest BCUT2D eigenvalue weighted by atomic mass is 35.5. The third-order valence-corrected chi connectivity index (χ3v) is 5.39. The van der Waals surface area contributed by atoms with E-state index in [1.807, 2.05) is 54.6 Å². The van der Waals surface area contributed by atoms with Crippen LogP contribution in [-0.2, 0) is 22.7 Å². The molecule has 1 saturated heterocycles. The van der Waals surface area contributed by atoms with Gasteiger partial charge in [0, 0.05) is 31.9 Å². The Kier molecular flexibility index (Phi) is 6.04. The summed E-state index contributed by atoms with van der Waals surface area (Å²) in [4.78, 5) is 32.5. The van der Waals surface area contributed by atoms with Crippen molar-refractivity contribution >= 4 is 40.6 Å². The van der Waals surface area contributed by atoms with Crippen molar-refractivity contribution in [3.8, 4) is 0 Å². The van der Waals surface area contributed by atoms with Crippen LogP contribution in [0.25, 0.3) is 0 Å². The van der Waals surface area contributed by atoms with E-state index in [1.54, 1.807) is 21.9 Å². The second kappa shape index (κ2) is 9.06. The highest BCUT2D eigenvalue weighted by molar-refractivity contribution is 6.35. The number of nitrogen functional groups attached to an aromatic ring is 1. The Balaban J connectivity index is 1.35. The van der Waals surface area contributed by atoms with Crippen LogP contribution < -0.4 is 11.1 Å². The SMILES string of the molecule is Nc1ccc(Nc2ccc(CN3CCN(Cc4ccccc4)C(=O)C3=O)cc2)nc1Cl. The van der Waals surface area contributed by atoms with Gasteiger partial charge in [-0.2, -0.15) is 0 Å². The van der Waals surface area contributed by atoms with Gasteiger partial charge >= 0.3 is 11.8 Å². The summed E-state index contributed by atoms with van der Waals surface area (Å²) in [5, 5.41) is 3.40. The molecular formula is C23H22ClN5O2. The summed E-state index contributed by atoms with van der Waals surface area (Å²) < 4.78 is 0. The van der Waals surface area contributed by atoms with E-state index in [-0.39, 0.29) is 5.15 Å². The lowest BCUT2D eigenvalue weighted by Gasteiger charge is -2.33. The fraction of sp³-hybridized carbons (Fsp3) is 0.174. The molecule has 0 saturated carbocycles. The van der Waals surface area contributed by atoms with E-state index in [0.717, 1.165) is 16.8 Å². The molecule has 2 aromatic carbocycles. The number of amides is 2. The zero-order valence-corrected chi connectivity index (χ0v) is 17.5. The van der Waals surface area contributed by atoms with Crippen LogP contribution in [0.15, 0.2) is 66.7 Å². The fourth-order valence-corrected chi connectivity index (χ4v) is 3.55. The third-order valence-electron chi connectivity index (χ3n) is 5.09. The maximum absolute atomic E-state index is 12.6. The second-order valence-corrected chi connectivity index (χ2v) is 7.70. The molecule has 0 spiro atoms. The van der Waals surface area contributed by atoms with Crippen molar-refractivity contribution in [3.05, 3.63) is 83.0 Å². The molecule has 0 bridgehead atoms. The Hall–Kier alpha value is -3.58. The van der Waals surface area contributed by atoms with E-state index < -0.39 is 11.8 Å². The minimum Gasteiger partial charge on any atom is -0.396 e. The second-order valence-electron chi connectivity index (χ2n) is 7.34. The molecule has 1 fully saturated rings. The van der Waals surface area contributed by atoms with Crippen molar-refractivity contribution in [2.24, 2.45) is 0 Å². The molecule has 0 aliphatic carbocycles. The minimum absolute atomic E-state index is 0.246. The van der Waals surface area contributed by atoms with Gasteiger partial charge in [0.05, 0.1) is 5.69 Å². The van der Waals surface area contributed by atoms with E-state index in [0.29, 0.717) is 37.7 Å². The van der Waals surface area contributed by atoms with Crippen molar-refractivity contribution in [2.45, 2.75) is 13.1 Å². The molecular weight excluding hydrogens is 414 g/mol. The smallest absolute Gasteiger partial charge is 0.312 e. The summed E-state index contributed by atoms with van der Waals surface area (Å²) in [6.07, 6.45) is 0. The molecule has 158 valence electrons. The number of nitrogens with one attached hydrogen (secondary N) is 1. The molecule has 1 aromatic heterocycles. The Labute approximate surface area is 185 Å². The molecule has 3 aromatic rings. The first-order valence-electron chi connectivity index (χ1n) is 9.90. The molecule has 1 aliphatic heterocycles. The van der Waals surface area contributed by atoms with Gasteiger partial charge in [-0.25, -0.2) is 4.98 Å². The molecule has 0 unspecified atom stereocenters. The number of pyridine rings is 1. The van der Waals surface area contributed by atoms with Gasteiger partial charge in [0.25, 0.3) is 0 Å². The summed E-state index contributed by atoms with van der Waals surface area (Å²) >= 11 is 5.95. The van der Waals surface area contributed by atoms with Crippen LogP contribution in [0.5, 0.6) is 0 Å². The lowest BCUT2D eigenvalue weighted by Crippen LogP contribution is -2.53. The maximum atomic E-state index is 12.6. The van der Waals surface area contributed by atoms with E-state index >= 15 is 0 Å². The van der Waals surface area contributed by atoms with Crippen molar-refractivity contribution in [2.75, 3.05) is 24.1 Å². The van der Waals surface area contributed by atoms with Gasteiger partial charge < -0.3 is 20.9 Å². The van der Waals surface area contributed by atoms with Crippen molar-refractivity contribution in [1.82, 2.24) is 14.8 Å². The number of nitrogens with zero attached hydrogens (tertiary/aromatic N) is 3. The molecule has 0 radical (unpaired) electrons. The van der Waals surface area contributed by atoms with Crippen LogP contribution in [0.4, 0.5) is 17.2 Å². The van der Waals surface area contributed by atoms with Crippen LogP contribution in [0.2, 0.25) is 5.15 Å². The van der Waals surface area contributed by atoms with E-state index in [4.69, 9.17) is 17.3 Å². The lowest BCUT2D eigenvalue weighted by molar-refractivity contribution is -0.156. The van der Waals surface area contributed by atoms with Crippen LogP contribution >= 0.6 is 11.6 Å². The molecule has 0 atom stereocenters. The predicted molar refractivity (Wildman–Crippen MR) is 121 cm³/mol. The predicted octanol–water partition coefficient (Wildman–Crippen LogP) is 3.43. The zero-order chi connectivity index (χ0) is 21.8. The highest BCUT2D eigenvalue weighted by Gasteiger charge is 2.32. The van der Waals surface area contributed by atoms with Crippen molar-refractivity contribution in [3.63, 3.8) is 0 Å². The Morgan fingerprint density at radius 2 is 1.42 bits per heavy atom. The molecule has 4 rings (SSSR count). The Bertz CT molecular complexity index is 1090. The zero-order valence-electron chi connectivity index (χ0n) is 16.8. The van der Waals surface area contributed by atoms with Crippen LogP contribution in [0, 0.1) is 0 Å². The molecule has 1 aliphatic rings. The van der Waals surface area contributed by atoms with E-state index in [2.05, 4.69) is 10.3 Å². The minimum atomic E-state index is -0.468. The van der Waals surface area contributed by atoms with Gasteiger partial charge in [-0.3, -0.25) is 9.59 Å². The van der Waals surface area contributed by atoms with Gasteiger partial charge in [0.1, 0.15) is 5.82 Å². The summed E-state index contributed by atoms with van der Waals surface area (Å²) in [6.45, 7) is 1.85. The standard InChI is InChI=1S/C23H22ClN5O2/c24-21-19(25)10-11-20(27-21)26-18-8-6-17(7-9-18)15-29-13-12-28(22(30)23(29)31)14-16-4-2-1-3-5-16/h1-11H,12-15,25H2,(H,26,27). The van der Waals surface area contributed by atoms with Crippen LogP contribution in [0.1, 0.15) is 11.1 Å². The monoisotopic (exact) mass is 435 g/mol. The Morgan fingerprint density at radius 1 is 0.839 bits per heavy atom. The number of carbonyl (C=O) groups is 2. The quantitative estimate of drug-likeness (QED) is 0.457. The van der Waals surface area contributed by atoms with Gasteiger partial charge in [-0.1, -0.05) is 54.1 Å². The van der Waals surface area contributed by atoms with E-state index in [1.165, 1.54) is 0 Å². The first-order valence-corrected chi connectivity index (χ1v) is 10.3. The molecule has 7 nitrogen and oxygen atoms in total. The first-order chi connectivity index (χ1) is 15.0. The van der Waals surface area contributed by atoms with Crippen LogP contribution in [-0.4, -0.2) is 39.7 Å². The number of nitrogens with two attached hydrogens (primary N) is 1. The normalized spacial score (nSPS) is 14.1. The number of rotatable bonds is 6. The highest BCUT2D eigenvalue weighted by Crippen LogP contribution is 2.22. The molecule has 8 heteroatoms. The summed E-state index contributed by atoms with van der Waals surface area (Å²) in [5.74, 6) is -0.341. The van der Waals surface area contributed by atoms with Crippen molar-refractivity contribution in [1.29, 1.82) is 0 Å². The fourth-order valence-electron chi connectivity index (χ4n) is 3.40. The number of anilines is 3. The maximum Gasteiger partial charge on any atom is 0.312 e. The van der Waals surface area contributed by atoms with Gasteiger partial charge in [-0.05, 0) is 35.4 Å². The molecule has 2 heterocycles. The molecule has 2 amide bonds. The first kappa shape index (κ1) is 20.7. The average molecular weight is 436 g/mol. The molecule has 3 N–H and O–H groups in total. The average Bonchev–Trinajstić information content (AvgIpc) is 2.78. The van der Waals surface area contributed by atoms with E-state index in [9.17, 15) is 9.59 Å². The van der Waals surface area contributed by atoms with Crippen molar-refractivity contribution < 1.29 is 9.59 Å². The van der Waals surface area contributed by atoms with Gasteiger partial charge in [0.2, 0.25) is 0 Å². The third kappa shape index (κ3) is 4.95. The lowest BCUT2D eigenvalue weighted by atomic mass is 10.1. The van der Waals surface area contributed by atoms with Gasteiger partial charge in [-0.15, -0.1) is 0 Å². The number of benzene rings is 2. The summed E-state index contributed by atoms with van der Waals surface area (Å²) in [7, 11) is 0. The summed E-state index contributed by atoms with van der Waals surface area (Å²) in [5.41, 5.74) is 8.87. The number of carbonyl (C=O) groups excluding carboxylic acids is 2. The largest absolute Gasteiger partial charge is 0.396 e. The number of hydrogen-bond acceptors (Lipinski definition) is 5. The topological polar surface area (TPSA) is 91.6 Å². The number of aromatic nitrogens is 1. The number of halogens is 1.